The van der Waals surface area contributed by atoms with E-state index in [1.807, 2.05) is 0 Å². The van der Waals surface area contributed by atoms with Crippen molar-refractivity contribution < 1.29 is 10.2 Å². The maximum Gasteiger partial charge on any atom is 0.0966 e. The highest BCUT2D eigenvalue weighted by Crippen LogP contribution is 2.26. The lowest BCUT2D eigenvalue weighted by Gasteiger charge is -2.29. The van der Waals surface area contributed by atoms with Gasteiger partial charge in [-0.15, -0.1) is 12.4 Å². The van der Waals surface area contributed by atoms with E-state index in [1.165, 1.54) is 12.8 Å². The molecule has 0 unspecified atom stereocenters. The second kappa shape index (κ2) is 3.92. The molecule has 0 aromatic carbocycles. The smallest absolute Gasteiger partial charge is 0.0966 e. The summed E-state index contributed by atoms with van der Waals surface area (Å²) in [5.41, 5.74) is 0. The fraction of sp³-hybridized carbons (Fsp3) is 1.00. The van der Waals surface area contributed by atoms with Gasteiger partial charge in [-0.2, -0.15) is 0 Å². The molecule has 2 aliphatic rings. The normalized spacial score (nSPS) is 42.0. The highest BCUT2D eigenvalue weighted by molar-refractivity contribution is 5.85. The third-order valence-electron chi connectivity index (χ3n) is 2.87. The van der Waals surface area contributed by atoms with Gasteiger partial charge in [0.25, 0.3) is 0 Å². The standard InChI is InChI=1S/C8H15NO2.ClH/c10-7-5-9-4-2-1-3-6(9)8(7)11;/h6-8,10-11H,1-5H2;1H/t6-,7-,8+;/m1./s1. The summed E-state index contributed by atoms with van der Waals surface area (Å²) in [6, 6.07) is 0.249. The van der Waals surface area contributed by atoms with Crippen LogP contribution in [-0.4, -0.2) is 46.5 Å². The first kappa shape index (κ1) is 10.3. The van der Waals surface area contributed by atoms with Crippen molar-refractivity contribution >= 4 is 12.4 Å². The predicted molar refractivity (Wildman–Crippen MR) is 48.5 cm³/mol. The van der Waals surface area contributed by atoms with E-state index >= 15 is 0 Å². The summed E-state index contributed by atoms with van der Waals surface area (Å²) >= 11 is 0. The molecule has 0 amide bonds. The predicted octanol–water partition coefficient (Wildman–Crippen LogP) is -0.00190. The van der Waals surface area contributed by atoms with Crippen molar-refractivity contribution in [1.82, 2.24) is 4.90 Å². The first-order valence-corrected chi connectivity index (χ1v) is 4.39. The van der Waals surface area contributed by atoms with Gasteiger partial charge in [0.1, 0.15) is 0 Å². The molecule has 2 saturated heterocycles. The second-order valence-corrected chi connectivity index (χ2v) is 3.62. The zero-order valence-corrected chi connectivity index (χ0v) is 7.83. The van der Waals surface area contributed by atoms with Gasteiger partial charge in [-0.1, -0.05) is 6.42 Å². The monoisotopic (exact) mass is 193 g/mol. The van der Waals surface area contributed by atoms with Crippen LogP contribution < -0.4 is 0 Å². The van der Waals surface area contributed by atoms with Crippen LogP contribution in [0.5, 0.6) is 0 Å². The van der Waals surface area contributed by atoms with E-state index in [-0.39, 0.29) is 18.4 Å². The van der Waals surface area contributed by atoms with Crippen LogP contribution in [0.2, 0.25) is 0 Å². The quantitative estimate of drug-likeness (QED) is 0.569. The Hall–Kier alpha value is 0.170. The average molecular weight is 194 g/mol. The Kier molecular flexibility index (Phi) is 3.35. The van der Waals surface area contributed by atoms with Crippen molar-refractivity contribution in [2.24, 2.45) is 0 Å². The molecule has 3 nitrogen and oxygen atoms in total. The third kappa shape index (κ3) is 1.59. The van der Waals surface area contributed by atoms with Crippen LogP contribution in [-0.2, 0) is 0 Å². The van der Waals surface area contributed by atoms with Crippen LogP contribution >= 0.6 is 12.4 Å². The molecule has 0 radical (unpaired) electrons. The molecule has 4 heteroatoms. The molecule has 2 rings (SSSR count). The highest BCUT2D eigenvalue weighted by atomic mass is 35.5. The van der Waals surface area contributed by atoms with Crippen LogP contribution in [0.4, 0.5) is 0 Å². The SMILES string of the molecule is Cl.O[C@@H]1[C@H](O)CN2CCCC[C@H]12. The molecule has 0 aromatic heterocycles. The molecular formula is C8H16ClNO2. The van der Waals surface area contributed by atoms with Crippen molar-refractivity contribution in [2.75, 3.05) is 13.1 Å². The first-order valence-electron chi connectivity index (χ1n) is 4.39. The zero-order valence-electron chi connectivity index (χ0n) is 7.02. The Labute approximate surface area is 78.8 Å². The number of aliphatic hydroxyl groups is 2. The van der Waals surface area contributed by atoms with Gasteiger partial charge >= 0.3 is 0 Å². The summed E-state index contributed by atoms with van der Waals surface area (Å²) in [4.78, 5) is 2.21. The minimum atomic E-state index is -0.502. The maximum atomic E-state index is 9.50. The van der Waals surface area contributed by atoms with Gasteiger partial charge in [0.15, 0.2) is 0 Å². The summed E-state index contributed by atoms with van der Waals surface area (Å²) in [7, 11) is 0. The van der Waals surface area contributed by atoms with Gasteiger partial charge in [-0.25, -0.2) is 0 Å². The van der Waals surface area contributed by atoms with Crippen molar-refractivity contribution in [3.8, 4) is 0 Å². The van der Waals surface area contributed by atoms with Gasteiger partial charge in [-0.3, -0.25) is 4.90 Å². The molecule has 0 aromatic rings. The largest absolute Gasteiger partial charge is 0.389 e. The average Bonchev–Trinajstić information content (AvgIpc) is 2.30. The molecule has 2 N–H and O–H groups in total. The number of aliphatic hydroxyl groups excluding tert-OH is 2. The fourth-order valence-electron chi connectivity index (χ4n) is 2.23. The molecule has 72 valence electrons. The molecule has 2 fully saturated rings. The van der Waals surface area contributed by atoms with E-state index < -0.39 is 12.2 Å². The van der Waals surface area contributed by atoms with Crippen LogP contribution in [0.3, 0.4) is 0 Å². The minimum Gasteiger partial charge on any atom is -0.389 e. The van der Waals surface area contributed by atoms with Crippen molar-refractivity contribution in [3.63, 3.8) is 0 Å². The summed E-state index contributed by atoms with van der Waals surface area (Å²) in [6.07, 6.45) is 2.48. The molecule has 0 aliphatic carbocycles. The fourth-order valence-corrected chi connectivity index (χ4v) is 2.23. The molecule has 0 spiro atoms. The zero-order chi connectivity index (χ0) is 7.84. The van der Waals surface area contributed by atoms with Gasteiger partial charge in [0, 0.05) is 12.6 Å². The Morgan fingerprint density at radius 2 is 1.92 bits per heavy atom. The summed E-state index contributed by atoms with van der Waals surface area (Å²) in [5.74, 6) is 0. The van der Waals surface area contributed by atoms with E-state index in [2.05, 4.69) is 4.90 Å². The van der Waals surface area contributed by atoms with E-state index in [1.54, 1.807) is 0 Å². The molecular weight excluding hydrogens is 178 g/mol. The van der Waals surface area contributed by atoms with Crippen LogP contribution in [0, 0.1) is 0 Å². The number of halogens is 1. The number of hydrogen-bond acceptors (Lipinski definition) is 3. The van der Waals surface area contributed by atoms with Gasteiger partial charge in [0.2, 0.25) is 0 Å². The molecule has 3 atom stereocenters. The van der Waals surface area contributed by atoms with Crippen LogP contribution in [0.1, 0.15) is 19.3 Å². The Bertz CT molecular complexity index is 156. The number of rotatable bonds is 0. The Morgan fingerprint density at radius 1 is 1.17 bits per heavy atom. The second-order valence-electron chi connectivity index (χ2n) is 3.62. The maximum absolute atomic E-state index is 9.50. The number of hydrogen-bond donors (Lipinski definition) is 2. The van der Waals surface area contributed by atoms with Crippen molar-refractivity contribution in [2.45, 2.75) is 37.5 Å². The lowest BCUT2D eigenvalue weighted by Crippen LogP contribution is -2.39. The van der Waals surface area contributed by atoms with Crippen molar-refractivity contribution in [1.29, 1.82) is 0 Å². The number of nitrogens with zero attached hydrogens (tertiary/aromatic N) is 1. The Balaban J connectivity index is 0.000000720. The number of fused-ring (bicyclic) bond motifs is 1. The summed E-state index contributed by atoms with van der Waals surface area (Å²) < 4.78 is 0. The van der Waals surface area contributed by atoms with Crippen LogP contribution in [0.15, 0.2) is 0 Å². The summed E-state index contributed by atoms with van der Waals surface area (Å²) in [6.45, 7) is 1.73. The number of piperidine rings is 1. The molecule has 2 heterocycles. The lowest BCUT2D eigenvalue weighted by atomic mass is 10.0. The highest BCUT2D eigenvalue weighted by Gasteiger charge is 2.40. The van der Waals surface area contributed by atoms with Gasteiger partial charge in [0.05, 0.1) is 12.2 Å². The third-order valence-corrected chi connectivity index (χ3v) is 2.87. The molecule has 12 heavy (non-hydrogen) atoms. The topological polar surface area (TPSA) is 43.7 Å². The van der Waals surface area contributed by atoms with E-state index in [9.17, 15) is 10.2 Å². The van der Waals surface area contributed by atoms with E-state index in [4.69, 9.17) is 0 Å². The van der Waals surface area contributed by atoms with Gasteiger partial charge < -0.3 is 10.2 Å². The van der Waals surface area contributed by atoms with Crippen molar-refractivity contribution in [3.05, 3.63) is 0 Å². The molecule has 0 saturated carbocycles. The van der Waals surface area contributed by atoms with E-state index in [0.717, 1.165) is 13.0 Å². The molecule has 0 bridgehead atoms. The first-order chi connectivity index (χ1) is 5.29. The lowest BCUT2D eigenvalue weighted by molar-refractivity contribution is 0.0318. The molecule has 2 aliphatic heterocycles. The van der Waals surface area contributed by atoms with Crippen LogP contribution in [0.25, 0.3) is 0 Å². The van der Waals surface area contributed by atoms with E-state index in [0.29, 0.717) is 6.54 Å². The van der Waals surface area contributed by atoms with Gasteiger partial charge in [-0.05, 0) is 19.4 Å². The minimum absolute atomic E-state index is 0. The summed E-state index contributed by atoms with van der Waals surface area (Å²) in [5, 5.41) is 18.8. The Morgan fingerprint density at radius 3 is 2.58 bits per heavy atom.